The molecule has 1 aromatic carbocycles. The van der Waals surface area contributed by atoms with Crippen molar-refractivity contribution in [2.45, 2.75) is 13.5 Å². The number of amides is 2. The summed E-state index contributed by atoms with van der Waals surface area (Å²) in [6, 6.07) is 9.54. The highest BCUT2D eigenvalue weighted by Gasteiger charge is 2.27. The van der Waals surface area contributed by atoms with Gasteiger partial charge in [0.05, 0.1) is 5.75 Å². The molecular formula is C14H21N3O3S. The number of nitrogens with one attached hydrogen (secondary N) is 1. The number of piperazine rings is 1. The van der Waals surface area contributed by atoms with Crippen molar-refractivity contribution in [2.24, 2.45) is 0 Å². The maximum atomic E-state index is 12.0. The van der Waals surface area contributed by atoms with Crippen molar-refractivity contribution in [2.75, 3.05) is 31.9 Å². The van der Waals surface area contributed by atoms with Crippen LogP contribution in [0.2, 0.25) is 0 Å². The number of benzene rings is 1. The van der Waals surface area contributed by atoms with Crippen molar-refractivity contribution in [3.63, 3.8) is 0 Å². The van der Waals surface area contributed by atoms with Gasteiger partial charge in [-0.15, -0.1) is 0 Å². The van der Waals surface area contributed by atoms with Gasteiger partial charge in [0.25, 0.3) is 0 Å². The van der Waals surface area contributed by atoms with E-state index in [1.165, 1.54) is 4.31 Å². The molecule has 2 amide bonds. The molecule has 0 aliphatic carbocycles. The van der Waals surface area contributed by atoms with Crippen LogP contribution in [0.5, 0.6) is 0 Å². The smallest absolute Gasteiger partial charge is 0.317 e. The first-order valence-electron chi connectivity index (χ1n) is 7.07. The average Bonchev–Trinajstić information content (AvgIpc) is 2.53. The predicted octanol–water partition coefficient (Wildman–Crippen LogP) is 0.863. The Hall–Kier alpha value is -1.60. The number of hydrogen-bond acceptors (Lipinski definition) is 3. The SMILES string of the molecule is CCS(=O)(=O)N1CCN(C(=O)NCc2ccccc2)CC1. The normalized spacial score (nSPS) is 16.7. The van der Waals surface area contributed by atoms with E-state index in [4.69, 9.17) is 0 Å². The van der Waals surface area contributed by atoms with E-state index in [1.54, 1.807) is 11.8 Å². The molecule has 0 bridgehead atoms. The highest BCUT2D eigenvalue weighted by molar-refractivity contribution is 7.89. The Morgan fingerprint density at radius 2 is 1.76 bits per heavy atom. The fourth-order valence-corrected chi connectivity index (χ4v) is 3.32. The molecule has 1 aromatic rings. The Balaban J connectivity index is 1.81. The molecule has 0 radical (unpaired) electrons. The van der Waals surface area contributed by atoms with Crippen LogP contribution >= 0.6 is 0 Å². The van der Waals surface area contributed by atoms with Crippen LogP contribution in [0.25, 0.3) is 0 Å². The van der Waals surface area contributed by atoms with Gasteiger partial charge >= 0.3 is 6.03 Å². The summed E-state index contributed by atoms with van der Waals surface area (Å²) >= 11 is 0. The van der Waals surface area contributed by atoms with E-state index in [0.29, 0.717) is 32.7 Å². The maximum Gasteiger partial charge on any atom is 0.317 e. The third-order valence-electron chi connectivity index (χ3n) is 3.57. The molecule has 1 aliphatic rings. The molecule has 2 rings (SSSR count). The topological polar surface area (TPSA) is 69.7 Å². The molecule has 1 fully saturated rings. The first-order chi connectivity index (χ1) is 10.0. The lowest BCUT2D eigenvalue weighted by Crippen LogP contribution is -2.53. The summed E-state index contributed by atoms with van der Waals surface area (Å²) in [5.74, 6) is 0.104. The molecule has 1 heterocycles. The van der Waals surface area contributed by atoms with Gasteiger partial charge in [-0.3, -0.25) is 0 Å². The van der Waals surface area contributed by atoms with E-state index >= 15 is 0 Å². The van der Waals surface area contributed by atoms with Gasteiger partial charge in [0, 0.05) is 32.7 Å². The summed E-state index contributed by atoms with van der Waals surface area (Å²) < 4.78 is 24.9. The van der Waals surface area contributed by atoms with E-state index < -0.39 is 10.0 Å². The second-order valence-corrected chi connectivity index (χ2v) is 7.19. The summed E-state index contributed by atoms with van der Waals surface area (Å²) in [6.07, 6.45) is 0. The third kappa shape index (κ3) is 4.18. The molecule has 1 aliphatic heterocycles. The van der Waals surface area contributed by atoms with Crippen LogP contribution in [-0.4, -0.2) is 55.6 Å². The van der Waals surface area contributed by atoms with Gasteiger partial charge in [-0.25, -0.2) is 13.2 Å². The summed E-state index contributed by atoms with van der Waals surface area (Å²) in [5.41, 5.74) is 1.04. The first-order valence-corrected chi connectivity index (χ1v) is 8.68. The van der Waals surface area contributed by atoms with Gasteiger partial charge in [-0.1, -0.05) is 30.3 Å². The Kier molecular flexibility index (Phi) is 5.19. The molecule has 7 heteroatoms. The average molecular weight is 311 g/mol. The number of urea groups is 1. The highest BCUT2D eigenvalue weighted by atomic mass is 32.2. The zero-order valence-corrected chi connectivity index (χ0v) is 13.0. The van der Waals surface area contributed by atoms with Gasteiger partial charge in [0.1, 0.15) is 0 Å². The van der Waals surface area contributed by atoms with E-state index in [-0.39, 0.29) is 11.8 Å². The van der Waals surface area contributed by atoms with Crippen LogP contribution in [0.4, 0.5) is 4.79 Å². The fourth-order valence-electron chi connectivity index (χ4n) is 2.24. The Morgan fingerprint density at radius 3 is 2.33 bits per heavy atom. The van der Waals surface area contributed by atoms with Crippen molar-refractivity contribution in [1.82, 2.24) is 14.5 Å². The van der Waals surface area contributed by atoms with Crippen LogP contribution in [0.1, 0.15) is 12.5 Å². The van der Waals surface area contributed by atoms with Crippen LogP contribution in [0, 0.1) is 0 Å². The quantitative estimate of drug-likeness (QED) is 0.897. The Labute approximate surface area is 125 Å². The zero-order valence-electron chi connectivity index (χ0n) is 12.2. The first kappa shape index (κ1) is 15.8. The van der Waals surface area contributed by atoms with Gasteiger partial charge in [-0.2, -0.15) is 4.31 Å². The Morgan fingerprint density at radius 1 is 1.14 bits per heavy atom. The van der Waals surface area contributed by atoms with E-state index in [2.05, 4.69) is 5.32 Å². The third-order valence-corrected chi connectivity index (χ3v) is 5.45. The molecule has 0 atom stereocenters. The molecule has 1 saturated heterocycles. The maximum absolute atomic E-state index is 12.0. The predicted molar refractivity (Wildman–Crippen MR) is 81.3 cm³/mol. The van der Waals surface area contributed by atoms with Crippen molar-refractivity contribution in [3.05, 3.63) is 35.9 Å². The number of sulfonamides is 1. The molecular weight excluding hydrogens is 290 g/mol. The second kappa shape index (κ2) is 6.91. The van der Waals surface area contributed by atoms with Crippen LogP contribution in [0.15, 0.2) is 30.3 Å². The monoisotopic (exact) mass is 311 g/mol. The summed E-state index contributed by atoms with van der Waals surface area (Å²) in [4.78, 5) is 13.7. The minimum absolute atomic E-state index is 0.104. The van der Waals surface area contributed by atoms with Gasteiger partial charge in [0.2, 0.25) is 10.0 Å². The molecule has 0 spiro atoms. The van der Waals surface area contributed by atoms with Crippen molar-refractivity contribution in [3.8, 4) is 0 Å². The van der Waals surface area contributed by atoms with Crippen molar-refractivity contribution >= 4 is 16.1 Å². The molecule has 21 heavy (non-hydrogen) atoms. The summed E-state index contributed by atoms with van der Waals surface area (Å²) in [6.45, 7) is 3.71. The van der Waals surface area contributed by atoms with E-state index in [9.17, 15) is 13.2 Å². The van der Waals surface area contributed by atoms with E-state index in [1.807, 2.05) is 30.3 Å². The van der Waals surface area contributed by atoms with E-state index in [0.717, 1.165) is 5.56 Å². The van der Waals surface area contributed by atoms with Crippen LogP contribution in [-0.2, 0) is 16.6 Å². The Bertz CT molecular complexity index is 566. The number of carbonyl (C=O) groups is 1. The molecule has 6 nitrogen and oxygen atoms in total. The lowest BCUT2D eigenvalue weighted by atomic mass is 10.2. The summed E-state index contributed by atoms with van der Waals surface area (Å²) in [7, 11) is -3.15. The zero-order chi connectivity index (χ0) is 15.3. The molecule has 116 valence electrons. The molecule has 0 unspecified atom stereocenters. The van der Waals surface area contributed by atoms with Gasteiger partial charge < -0.3 is 10.2 Å². The standard InChI is InChI=1S/C14H21N3O3S/c1-2-21(19,20)17-10-8-16(9-11-17)14(18)15-12-13-6-4-3-5-7-13/h3-7H,2,8-12H2,1H3,(H,15,18). The summed E-state index contributed by atoms with van der Waals surface area (Å²) in [5, 5.41) is 2.86. The van der Waals surface area contributed by atoms with Crippen LogP contribution in [0.3, 0.4) is 0 Å². The molecule has 0 aromatic heterocycles. The van der Waals surface area contributed by atoms with Crippen molar-refractivity contribution in [1.29, 1.82) is 0 Å². The lowest BCUT2D eigenvalue weighted by molar-refractivity contribution is 0.172. The van der Waals surface area contributed by atoms with Crippen LogP contribution < -0.4 is 5.32 Å². The highest BCUT2D eigenvalue weighted by Crippen LogP contribution is 2.08. The number of rotatable bonds is 4. The fraction of sp³-hybridized carbons (Fsp3) is 0.500. The number of hydrogen-bond donors (Lipinski definition) is 1. The largest absolute Gasteiger partial charge is 0.334 e. The van der Waals surface area contributed by atoms with Gasteiger partial charge in [0.15, 0.2) is 0 Å². The molecule has 0 saturated carbocycles. The molecule has 1 N–H and O–H groups in total. The number of nitrogens with zero attached hydrogens (tertiary/aromatic N) is 2. The lowest BCUT2D eigenvalue weighted by Gasteiger charge is -2.33. The minimum Gasteiger partial charge on any atom is -0.334 e. The van der Waals surface area contributed by atoms with Gasteiger partial charge in [-0.05, 0) is 12.5 Å². The number of carbonyl (C=O) groups excluding carboxylic acids is 1. The second-order valence-electron chi connectivity index (χ2n) is 4.93. The van der Waals surface area contributed by atoms with Crippen molar-refractivity contribution < 1.29 is 13.2 Å². The minimum atomic E-state index is -3.15.